The lowest BCUT2D eigenvalue weighted by atomic mass is 9.96. The number of nitrogens with zero attached hydrogens (tertiary/aromatic N) is 3. The SMILES string of the molecule is Cc1ccc(C(=O)N2CCC[C@H](C(=O)Nc3cnc4c(Br)cccn34)C2)cc1. The lowest BCUT2D eigenvalue weighted by Gasteiger charge is -2.32. The molecule has 1 saturated heterocycles. The fourth-order valence-corrected chi connectivity index (χ4v) is 4.00. The minimum Gasteiger partial charge on any atom is -0.338 e. The smallest absolute Gasteiger partial charge is 0.253 e. The van der Waals surface area contributed by atoms with Gasteiger partial charge in [0.2, 0.25) is 5.91 Å². The molecule has 1 aromatic carbocycles. The van der Waals surface area contributed by atoms with Crippen molar-refractivity contribution in [2.24, 2.45) is 5.92 Å². The number of nitrogens with one attached hydrogen (secondary N) is 1. The molecule has 0 aliphatic carbocycles. The van der Waals surface area contributed by atoms with Crippen LogP contribution in [0.25, 0.3) is 5.65 Å². The number of carbonyl (C=O) groups is 2. The molecular formula is C21H21BrN4O2. The number of aromatic nitrogens is 2. The highest BCUT2D eigenvalue weighted by Gasteiger charge is 2.29. The number of carbonyl (C=O) groups excluding carboxylic acids is 2. The number of likely N-dealkylation sites (tertiary alicyclic amines) is 1. The first-order valence-electron chi connectivity index (χ1n) is 9.31. The number of pyridine rings is 1. The molecule has 0 spiro atoms. The number of fused-ring (bicyclic) bond motifs is 1. The Labute approximate surface area is 171 Å². The second kappa shape index (κ2) is 7.75. The largest absolute Gasteiger partial charge is 0.338 e. The van der Waals surface area contributed by atoms with Crippen LogP contribution in [0.3, 0.4) is 0 Å². The molecular weight excluding hydrogens is 420 g/mol. The third-order valence-corrected chi connectivity index (χ3v) is 5.74. The maximum absolute atomic E-state index is 12.8. The van der Waals surface area contributed by atoms with Crippen molar-refractivity contribution in [2.45, 2.75) is 19.8 Å². The molecule has 0 radical (unpaired) electrons. The Morgan fingerprint density at radius 3 is 2.79 bits per heavy atom. The van der Waals surface area contributed by atoms with Gasteiger partial charge in [-0.1, -0.05) is 17.7 Å². The van der Waals surface area contributed by atoms with Crippen molar-refractivity contribution < 1.29 is 9.59 Å². The van der Waals surface area contributed by atoms with Crippen LogP contribution in [0.15, 0.2) is 53.3 Å². The summed E-state index contributed by atoms with van der Waals surface area (Å²) in [6, 6.07) is 11.4. The molecule has 144 valence electrons. The summed E-state index contributed by atoms with van der Waals surface area (Å²) in [5, 5.41) is 2.97. The predicted molar refractivity (Wildman–Crippen MR) is 111 cm³/mol. The van der Waals surface area contributed by atoms with Gasteiger partial charge in [0, 0.05) is 24.8 Å². The third-order valence-electron chi connectivity index (χ3n) is 5.12. The zero-order valence-electron chi connectivity index (χ0n) is 15.6. The van der Waals surface area contributed by atoms with Crippen LogP contribution in [0.5, 0.6) is 0 Å². The second-order valence-electron chi connectivity index (χ2n) is 7.14. The molecule has 7 heteroatoms. The van der Waals surface area contributed by atoms with Crippen molar-refractivity contribution >= 4 is 39.2 Å². The summed E-state index contributed by atoms with van der Waals surface area (Å²) in [6.45, 7) is 3.10. The average molecular weight is 441 g/mol. The van der Waals surface area contributed by atoms with Crippen molar-refractivity contribution in [2.75, 3.05) is 18.4 Å². The third kappa shape index (κ3) is 3.67. The fourth-order valence-electron chi connectivity index (χ4n) is 3.55. The number of halogens is 1. The van der Waals surface area contributed by atoms with E-state index in [1.54, 1.807) is 11.1 Å². The topological polar surface area (TPSA) is 66.7 Å². The van der Waals surface area contributed by atoms with E-state index in [1.807, 2.05) is 53.9 Å². The normalized spacial score (nSPS) is 16.9. The first-order valence-corrected chi connectivity index (χ1v) is 10.1. The molecule has 1 atom stereocenters. The van der Waals surface area contributed by atoms with Gasteiger partial charge < -0.3 is 10.2 Å². The first kappa shape index (κ1) is 18.7. The molecule has 0 bridgehead atoms. The Hall–Kier alpha value is -2.67. The van der Waals surface area contributed by atoms with Crippen LogP contribution in [0.2, 0.25) is 0 Å². The van der Waals surface area contributed by atoms with E-state index < -0.39 is 0 Å². The number of imidazole rings is 1. The minimum atomic E-state index is -0.235. The highest BCUT2D eigenvalue weighted by Crippen LogP contribution is 2.23. The van der Waals surface area contributed by atoms with Gasteiger partial charge in [-0.25, -0.2) is 4.98 Å². The van der Waals surface area contributed by atoms with Gasteiger partial charge in [0.05, 0.1) is 16.6 Å². The summed E-state index contributed by atoms with van der Waals surface area (Å²) < 4.78 is 2.70. The Morgan fingerprint density at radius 2 is 2.00 bits per heavy atom. The lowest BCUT2D eigenvalue weighted by molar-refractivity contribution is -0.121. The Bertz CT molecular complexity index is 1030. The summed E-state index contributed by atoms with van der Waals surface area (Å²) >= 11 is 3.46. The van der Waals surface area contributed by atoms with Crippen LogP contribution >= 0.6 is 15.9 Å². The van der Waals surface area contributed by atoms with Gasteiger partial charge in [-0.15, -0.1) is 0 Å². The van der Waals surface area contributed by atoms with Crippen LogP contribution in [-0.2, 0) is 4.79 Å². The Kier molecular flexibility index (Phi) is 5.17. The van der Waals surface area contributed by atoms with Crippen LogP contribution in [0, 0.1) is 12.8 Å². The van der Waals surface area contributed by atoms with Crippen molar-refractivity contribution in [3.8, 4) is 0 Å². The minimum absolute atomic E-state index is 0.0174. The predicted octanol–water partition coefficient (Wildman–Crippen LogP) is 3.90. The fraction of sp³-hybridized carbons (Fsp3) is 0.286. The van der Waals surface area contributed by atoms with Crippen LogP contribution in [0.4, 0.5) is 5.82 Å². The molecule has 0 unspecified atom stereocenters. The summed E-state index contributed by atoms with van der Waals surface area (Å²) in [5.74, 6) is 0.295. The number of rotatable bonds is 3. The van der Waals surface area contributed by atoms with Gasteiger partial charge in [0.25, 0.3) is 5.91 Å². The number of piperidine rings is 1. The van der Waals surface area contributed by atoms with E-state index >= 15 is 0 Å². The maximum Gasteiger partial charge on any atom is 0.253 e. The molecule has 1 N–H and O–H groups in total. The van der Waals surface area contributed by atoms with Crippen molar-refractivity contribution in [1.82, 2.24) is 14.3 Å². The van der Waals surface area contributed by atoms with Crippen LogP contribution in [-0.4, -0.2) is 39.2 Å². The van der Waals surface area contributed by atoms with E-state index in [4.69, 9.17) is 0 Å². The van der Waals surface area contributed by atoms with Crippen molar-refractivity contribution in [3.05, 3.63) is 64.4 Å². The van der Waals surface area contributed by atoms with Gasteiger partial charge in [-0.2, -0.15) is 0 Å². The lowest BCUT2D eigenvalue weighted by Crippen LogP contribution is -2.43. The summed E-state index contributed by atoms with van der Waals surface area (Å²) in [7, 11) is 0. The number of benzene rings is 1. The van der Waals surface area contributed by atoms with Gasteiger partial charge in [0.15, 0.2) is 5.65 Å². The molecule has 3 heterocycles. The molecule has 1 fully saturated rings. The van der Waals surface area contributed by atoms with E-state index in [9.17, 15) is 9.59 Å². The number of aryl methyl sites for hydroxylation is 1. The first-order chi connectivity index (χ1) is 13.5. The van der Waals surface area contributed by atoms with E-state index in [-0.39, 0.29) is 17.7 Å². The van der Waals surface area contributed by atoms with Gasteiger partial charge in [-0.3, -0.25) is 14.0 Å². The standard InChI is InChI=1S/C21H21BrN4O2/c1-14-6-8-15(9-7-14)21(28)25-10-2-4-16(13-25)20(27)24-18-12-23-19-17(22)5-3-11-26(18)19/h3,5-9,11-12,16H,2,4,10,13H2,1H3,(H,24,27)/t16-/m0/s1. The van der Waals surface area contributed by atoms with E-state index in [0.29, 0.717) is 24.5 Å². The Morgan fingerprint density at radius 1 is 1.21 bits per heavy atom. The molecule has 1 aliphatic heterocycles. The molecule has 4 rings (SSSR count). The molecule has 6 nitrogen and oxygen atoms in total. The average Bonchev–Trinajstić information content (AvgIpc) is 3.12. The molecule has 3 aromatic rings. The number of amides is 2. The molecule has 2 amide bonds. The molecule has 2 aromatic heterocycles. The number of anilines is 1. The Balaban J connectivity index is 1.46. The second-order valence-corrected chi connectivity index (χ2v) is 7.99. The van der Waals surface area contributed by atoms with Crippen molar-refractivity contribution in [3.63, 3.8) is 0 Å². The molecule has 1 aliphatic rings. The van der Waals surface area contributed by atoms with Gasteiger partial charge >= 0.3 is 0 Å². The van der Waals surface area contributed by atoms with E-state index in [2.05, 4.69) is 26.2 Å². The summed E-state index contributed by atoms with van der Waals surface area (Å²) in [4.78, 5) is 31.7. The zero-order chi connectivity index (χ0) is 19.7. The van der Waals surface area contributed by atoms with Gasteiger partial charge in [0.1, 0.15) is 5.82 Å². The monoisotopic (exact) mass is 440 g/mol. The number of hydrogen-bond acceptors (Lipinski definition) is 3. The maximum atomic E-state index is 12.8. The van der Waals surface area contributed by atoms with Gasteiger partial charge in [-0.05, 0) is 60.0 Å². The zero-order valence-corrected chi connectivity index (χ0v) is 17.1. The number of hydrogen-bond donors (Lipinski definition) is 1. The summed E-state index contributed by atoms with van der Waals surface area (Å²) in [5.41, 5.74) is 2.53. The van der Waals surface area contributed by atoms with Crippen LogP contribution < -0.4 is 5.32 Å². The highest BCUT2D eigenvalue weighted by molar-refractivity contribution is 9.10. The van der Waals surface area contributed by atoms with Crippen LogP contribution in [0.1, 0.15) is 28.8 Å². The summed E-state index contributed by atoms with van der Waals surface area (Å²) in [6.07, 6.45) is 5.09. The van der Waals surface area contributed by atoms with E-state index in [1.165, 1.54) is 0 Å². The quantitative estimate of drug-likeness (QED) is 0.671. The molecule has 0 saturated carbocycles. The molecule has 28 heavy (non-hydrogen) atoms. The van der Waals surface area contributed by atoms with Crippen molar-refractivity contribution in [1.29, 1.82) is 0 Å². The van der Waals surface area contributed by atoms with E-state index in [0.717, 1.165) is 28.5 Å². The highest BCUT2D eigenvalue weighted by atomic mass is 79.9.